The Labute approximate surface area is 157 Å². The maximum Gasteiger partial charge on any atom is 0.220 e. The Morgan fingerprint density at radius 3 is 2.15 bits per heavy atom. The van der Waals surface area contributed by atoms with Crippen molar-refractivity contribution in [1.29, 1.82) is 0 Å². The highest BCUT2D eigenvalue weighted by atomic mass is 16.5. The van der Waals surface area contributed by atoms with Crippen LogP contribution in [0.15, 0.2) is 0 Å². The second-order valence-electron chi connectivity index (χ2n) is 7.80. The van der Waals surface area contributed by atoms with Crippen molar-refractivity contribution in [2.75, 3.05) is 13.2 Å². The number of hydrogen-bond donors (Lipinski definition) is 2. The van der Waals surface area contributed by atoms with Crippen molar-refractivity contribution in [3.63, 3.8) is 0 Å². The first-order valence-electron chi connectivity index (χ1n) is 10.0. The topological polar surface area (TPSA) is 84.5 Å². The molecule has 2 amide bonds. The van der Waals surface area contributed by atoms with Crippen LogP contribution in [0.4, 0.5) is 0 Å². The summed E-state index contributed by atoms with van der Waals surface area (Å²) in [5.74, 6) is 0.553. The van der Waals surface area contributed by atoms with E-state index in [2.05, 4.69) is 10.6 Å². The molecule has 6 nitrogen and oxygen atoms in total. The first-order chi connectivity index (χ1) is 12.3. The van der Waals surface area contributed by atoms with E-state index in [-0.39, 0.29) is 35.8 Å². The molecule has 0 bridgehead atoms. The molecule has 0 aliphatic heterocycles. The van der Waals surface area contributed by atoms with Crippen molar-refractivity contribution in [2.45, 2.75) is 84.8 Å². The maximum absolute atomic E-state index is 12.0. The van der Waals surface area contributed by atoms with Crippen molar-refractivity contribution in [3.8, 4) is 0 Å². The highest BCUT2D eigenvalue weighted by molar-refractivity contribution is 5.83. The Kier molecular flexibility index (Phi) is 10.5. The maximum atomic E-state index is 12.0. The summed E-state index contributed by atoms with van der Waals surface area (Å²) in [4.78, 5) is 35.7. The molecule has 1 rings (SSSR count). The van der Waals surface area contributed by atoms with Gasteiger partial charge >= 0.3 is 0 Å². The van der Waals surface area contributed by atoms with Crippen LogP contribution in [-0.4, -0.2) is 42.9 Å². The normalized spacial score (nSPS) is 20.2. The number of ether oxygens (including phenoxy) is 1. The average molecular weight is 369 g/mol. The van der Waals surface area contributed by atoms with Gasteiger partial charge in [-0.1, -0.05) is 13.8 Å². The van der Waals surface area contributed by atoms with Crippen LogP contribution in [0.2, 0.25) is 0 Å². The summed E-state index contributed by atoms with van der Waals surface area (Å²) in [6, 6.07) is 0.167. The van der Waals surface area contributed by atoms with Crippen LogP contribution in [0.3, 0.4) is 0 Å². The predicted molar refractivity (Wildman–Crippen MR) is 102 cm³/mol. The standard InChI is InChI=1S/C20H36N2O4/c1-14(2)20(25)16-8-10-17(11-9-16)22-19(24)7-5-6-18(23)21-12-13-26-15(3)4/h14-17H,5-13H2,1-4H3,(H,21,23)(H,22,24). The molecule has 0 atom stereocenters. The third kappa shape index (κ3) is 9.32. The lowest BCUT2D eigenvalue weighted by molar-refractivity contribution is -0.127. The second kappa shape index (κ2) is 12.0. The van der Waals surface area contributed by atoms with E-state index in [0.29, 0.717) is 38.2 Å². The van der Waals surface area contributed by atoms with Crippen molar-refractivity contribution in [2.24, 2.45) is 11.8 Å². The minimum absolute atomic E-state index is 0.000391. The SMILES string of the molecule is CC(C)OCCNC(=O)CCCC(=O)NC1CCC(C(=O)C(C)C)CC1. The lowest BCUT2D eigenvalue weighted by atomic mass is 9.80. The summed E-state index contributed by atoms with van der Waals surface area (Å²) in [5, 5.41) is 5.83. The molecule has 2 N–H and O–H groups in total. The monoisotopic (exact) mass is 368 g/mol. The van der Waals surface area contributed by atoms with Gasteiger partial charge in [0.05, 0.1) is 12.7 Å². The van der Waals surface area contributed by atoms with E-state index < -0.39 is 0 Å². The van der Waals surface area contributed by atoms with E-state index in [1.807, 2.05) is 27.7 Å². The largest absolute Gasteiger partial charge is 0.377 e. The molecule has 1 aliphatic rings. The first-order valence-corrected chi connectivity index (χ1v) is 10.0. The lowest BCUT2D eigenvalue weighted by Crippen LogP contribution is -2.39. The number of hydrogen-bond acceptors (Lipinski definition) is 4. The molecular weight excluding hydrogens is 332 g/mol. The van der Waals surface area contributed by atoms with Crippen LogP contribution in [0.5, 0.6) is 0 Å². The van der Waals surface area contributed by atoms with E-state index in [9.17, 15) is 14.4 Å². The van der Waals surface area contributed by atoms with Gasteiger partial charge in [-0.05, 0) is 46.0 Å². The number of Topliss-reactive ketones (excluding diaryl/α,β-unsaturated/α-hetero) is 1. The Morgan fingerprint density at radius 2 is 1.58 bits per heavy atom. The van der Waals surface area contributed by atoms with Gasteiger partial charge in [0.1, 0.15) is 5.78 Å². The quantitative estimate of drug-likeness (QED) is 0.549. The van der Waals surface area contributed by atoms with E-state index in [1.165, 1.54) is 0 Å². The zero-order chi connectivity index (χ0) is 19.5. The number of amides is 2. The molecule has 150 valence electrons. The van der Waals surface area contributed by atoms with Gasteiger partial charge in [0.2, 0.25) is 11.8 Å². The number of nitrogens with one attached hydrogen (secondary N) is 2. The molecular formula is C20H36N2O4. The average Bonchev–Trinajstić information content (AvgIpc) is 2.58. The molecule has 0 aromatic heterocycles. The summed E-state index contributed by atoms with van der Waals surface area (Å²) < 4.78 is 5.35. The van der Waals surface area contributed by atoms with Crippen LogP contribution >= 0.6 is 0 Å². The first kappa shape index (κ1) is 22.6. The Hall–Kier alpha value is -1.43. The van der Waals surface area contributed by atoms with E-state index in [1.54, 1.807) is 0 Å². The Balaban J connectivity index is 2.10. The van der Waals surface area contributed by atoms with Gasteiger partial charge in [-0.25, -0.2) is 0 Å². The number of rotatable bonds is 11. The van der Waals surface area contributed by atoms with E-state index >= 15 is 0 Å². The van der Waals surface area contributed by atoms with Crippen molar-refractivity contribution < 1.29 is 19.1 Å². The summed E-state index contributed by atoms with van der Waals surface area (Å²) in [6.07, 6.45) is 4.88. The van der Waals surface area contributed by atoms with Gasteiger partial charge < -0.3 is 15.4 Å². The summed E-state index contributed by atoms with van der Waals surface area (Å²) in [6.45, 7) is 8.81. The fourth-order valence-electron chi connectivity index (χ4n) is 3.28. The van der Waals surface area contributed by atoms with Crippen molar-refractivity contribution >= 4 is 17.6 Å². The molecule has 0 radical (unpaired) electrons. The zero-order valence-electron chi connectivity index (χ0n) is 16.8. The third-order valence-electron chi connectivity index (χ3n) is 4.75. The van der Waals surface area contributed by atoms with Crippen molar-refractivity contribution in [1.82, 2.24) is 10.6 Å². The zero-order valence-corrected chi connectivity index (χ0v) is 16.8. The van der Waals surface area contributed by atoms with Gasteiger partial charge in [-0.2, -0.15) is 0 Å². The summed E-state index contributed by atoms with van der Waals surface area (Å²) >= 11 is 0. The molecule has 0 saturated heterocycles. The Morgan fingerprint density at radius 1 is 0.962 bits per heavy atom. The van der Waals surface area contributed by atoms with Gasteiger partial charge in [0.15, 0.2) is 0 Å². The van der Waals surface area contributed by atoms with E-state index in [4.69, 9.17) is 4.74 Å². The smallest absolute Gasteiger partial charge is 0.220 e. The molecule has 0 aromatic carbocycles. The molecule has 0 spiro atoms. The minimum Gasteiger partial charge on any atom is -0.377 e. The predicted octanol–water partition coefficient (Wildman–Crippen LogP) is 2.60. The van der Waals surface area contributed by atoms with Gasteiger partial charge in [0, 0.05) is 37.3 Å². The summed E-state index contributed by atoms with van der Waals surface area (Å²) in [7, 11) is 0. The van der Waals surface area contributed by atoms with Crippen LogP contribution in [-0.2, 0) is 19.1 Å². The van der Waals surface area contributed by atoms with Crippen LogP contribution < -0.4 is 10.6 Å². The van der Waals surface area contributed by atoms with E-state index in [0.717, 1.165) is 25.7 Å². The second-order valence-corrected chi connectivity index (χ2v) is 7.80. The number of ketones is 1. The van der Waals surface area contributed by atoms with Gasteiger partial charge in [0.25, 0.3) is 0 Å². The van der Waals surface area contributed by atoms with Crippen molar-refractivity contribution in [3.05, 3.63) is 0 Å². The molecule has 0 aromatic rings. The number of carbonyl (C=O) groups is 3. The number of carbonyl (C=O) groups excluding carboxylic acids is 3. The summed E-state index contributed by atoms with van der Waals surface area (Å²) in [5.41, 5.74) is 0. The van der Waals surface area contributed by atoms with Crippen LogP contribution in [0, 0.1) is 11.8 Å². The highest BCUT2D eigenvalue weighted by Gasteiger charge is 2.28. The van der Waals surface area contributed by atoms with Crippen LogP contribution in [0.1, 0.15) is 72.6 Å². The fourth-order valence-corrected chi connectivity index (χ4v) is 3.28. The molecule has 1 fully saturated rings. The molecule has 1 saturated carbocycles. The Bertz CT molecular complexity index is 455. The van der Waals surface area contributed by atoms with Gasteiger partial charge in [-0.3, -0.25) is 14.4 Å². The molecule has 26 heavy (non-hydrogen) atoms. The molecule has 0 heterocycles. The third-order valence-corrected chi connectivity index (χ3v) is 4.75. The van der Waals surface area contributed by atoms with Crippen LogP contribution in [0.25, 0.3) is 0 Å². The molecule has 6 heteroatoms. The van der Waals surface area contributed by atoms with Gasteiger partial charge in [-0.15, -0.1) is 0 Å². The molecule has 0 unspecified atom stereocenters. The molecule has 1 aliphatic carbocycles. The fraction of sp³-hybridized carbons (Fsp3) is 0.850. The minimum atomic E-state index is -0.0436. The lowest BCUT2D eigenvalue weighted by Gasteiger charge is -2.29. The highest BCUT2D eigenvalue weighted by Crippen LogP contribution is 2.27.